The Balaban J connectivity index is 1.46. The highest BCUT2D eigenvalue weighted by Crippen LogP contribution is 2.28. The molecule has 0 aliphatic rings. The maximum atomic E-state index is 5.66. The molecule has 21 heavy (non-hydrogen) atoms. The summed E-state index contributed by atoms with van der Waals surface area (Å²) in [4.78, 5) is 4.56. The van der Waals surface area contributed by atoms with Crippen LogP contribution in [0.3, 0.4) is 0 Å². The van der Waals surface area contributed by atoms with Gasteiger partial charge in [0.2, 0.25) is 0 Å². The van der Waals surface area contributed by atoms with Crippen LogP contribution in [0.1, 0.15) is 6.42 Å². The summed E-state index contributed by atoms with van der Waals surface area (Å²) in [5.74, 6) is 0.919. The lowest BCUT2D eigenvalue weighted by Gasteiger charge is -2.06. The molecule has 0 radical (unpaired) electrons. The first kappa shape index (κ1) is 14.4. The summed E-state index contributed by atoms with van der Waals surface area (Å²) in [6.07, 6.45) is 0.939. The minimum absolute atomic E-state index is 0.702. The quantitative estimate of drug-likeness (QED) is 0.630. The normalized spacial score (nSPS) is 10.7. The van der Waals surface area contributed by atoms with E-state index < -0.39 is 0 Å². The van der Waals surface area contributed by atoms with Crippen molar-refractivity contribution in [3.05, 3.63) is 53.0 Å². The van der Waals surface area contributed by atoms with Crippen molar-refractivity contribution in [2.75, 3.05) is 18.5 Å². The summed E-state index contributed by atoms with van der Waals surface area (Å²) >= 11 is 5.15. The molecular weight excluding hydrogens is 348 g/mol. The van der Waals surface area contributed by atoms with Crippen molar-refractivity contribution in [1.82, 2.24) is 4.98 Å². The first-order valence-corrected chi connectivity index (χ1v) is 8.40. The summed E-state index contributed by atoms with van der Waals surface area (Å²) < 4.78 is 7.93. The molecule has 0 fully saturated rings. The third kappa shape index (κ3) is 3.95. The fourth-order valence-electron chi connectivity index (χ4n) is 1.95. The van der Waals surface area contributed by atoms with Crippen LogP contribution in [0, 0.1) is 0 Å². The third-order valence-corrected chi connectivity index (χ3v) is 4.43. The Kier molecular flexibility index (Phi) is 4.72. The molecule has 0 aliphatic carbocycles. The predicted molar refractivity (Wildman–Crippen MR) is 92.4 cm³/mol. The van der Waals surface area contributed by atoms with Gasteiger partial charge in [0.1, 0.15) is 5.75 Å². The van der Waals surface area contributed by atoms with E-state index in [-0.39, 0.29) is 0 Å². The van der Waals surface area contributed by atoms with Gasteiger partial charge in [0, 0.05) is 11.0 Å². The van der Waals surface area contributed by atoms with Crippen LogP contribution >= 0.6 is 27.3 Å². The maximum Gasteiger partial charge on any atom is 0.183 e. The van der Waals surface area contributed by atoms with Crippen molar-refractivity contribution >= 4 is 42.6 Å². The number of rotatable bonds is 6. The molecule has 0 amide bonds. The summed E-state index contributed by atoms with van der Waals surface area (Å²) in [6, 6.07) is 16.0. The second-order valence-electron chi connectivity index (χ2n) is 4.57. The molecule has 0 spiro atoms. The highest BCUT2D eigenvalue weighted by atomic mass is 79.9. The molecule has 0 saturated heterocycles. The Morgan fingerprint density at radius 1 is 1.14 bits per heavy atom. The molecule has 0 bridgehead atoms. The topological polar surface area (TPSA) is 34.2 Å². The van der Waals surface area contributed by atoms with E-state index in [4.69, 9.17) is 4.74 Å². The van der Waals surface area contributed by atoms with E-state index in [0.717, 1.165) is 33.8 Å². The molecule has 3 rings (SSSR count). The number of nitrogens with zero attached hydrogens (tertiary/aromatic N) is 1. The zero-order chi connectivity index (χ0) is 14.5. The molecular formula is C16H15BrN2OS. The lowest BCUT2D eigenvalue weighted by atomic mass is 10.3. The van der Waals surface area contributed by atoms with Crippen molar-refractivity contribution in [3.63, 3.8) is 0 Å². The van der Waals surface area contributed by atoms with Crippen LogP contribution in [0.15, 0.2) is 53.0 Å². The lowest BCUT2D eigenvalue weighted by Crippen LogP contribution is -2.06. The van der Waals surface area contributed by atoms with E-state index in [1.807, 2.05) is 42.5 Å². The molecule has 2 aromatic carbocycles. The number of thiazole rings is 1. The van der Waals surface area contributed by atoms with Crippen molar-refractivity contribution in [2.24, 2.45) is 0 Å². The van der Waals surface area contributed by atoms with Gasteiger partial charge < -0.3 is 10.1 Å². The number of aromatic nitrogens is 1. The van der Waals surface area contributed by atoms with Gasteiger partial charge in [0.25, 0.3) is 0 Å². The monoisotopic (exact) mass is 362 g/mol. The van der Waals surface area contributed by atoms with E-state index in [1.165, 1.54) is 4.70 Å². The van der Waals surface area contributed by atoms with Gasteiger partial charge in [0.05, 0.1) is 16.8 Å². The number of hydrogen-bond acceptors (Lipinski definition) is 4. The lowest BCUT2D eigenvalue weighted by molar-refractivity contribution is 0.315. The van der Waals surface area contributed by atoms with Crippen molar-refractivity contribution < 1.29 is 4.74 Å². The minimum Gasteiger partial charge on any atom is -0.494 e. The van der Waals surface area contributed by atoms with Crippen LogP contribution in [0.4, 0.5) is 5.13 Å². The van der Waals surface area contributed by atoms with E-state index in [0.29, 0.717) is 6.61 Å². The average Bonchev–Trinajstić information content (AvgIpc) is 2.90. The molecule has 0 saturated carbocycles. The van der Waals surface area contributed by atoms with Gasteiger partial charge in [-0.2, -0.15) is 0 Å². The van der Waals surface area contributed by atoms with Crippen LogP contribution in [0.5, 0.6) is 5.75 Å². The predicted octanol–water partition coefficient (Wildman–Crippen LogP) is 4.94. The molecule has 3 aromatic rings. The first-order chi connectivity index (χ1) is 10.3. The molecule has 3 nitrogen and oxygen atoms in total. The Labute approximate surface area is 136 Å². The van der Waals surface area contributed by atoms with Crippen LogP contribution < -0.4 is 10.1 Å². The van der Waals surface area contributed by atoms with Crippen molar-refractivity contribution in [3.8, 4) is 5.75 Å². The van der Waals surface area contributed by atoms with E-state index in [1.54, 1.807) is 11.3 Å². The zero-order valence-corrected chi connectivity index (χ0v) is 13.8. The number of benzene rings is 2. The zero-order valence-electron chi connectivity index (χ0n) is 11.4. The van der Waals surface area contributed by atoms with Gasteiger partial charge >= 0.3 is 0 Å². The fourth-order valence-corrected chi connectivity index (χ4v) is 3.39. The van der Waals surface area contributed by atoms with Gasteiger partial charge in [-0.3, -0.25) is 0 Å². The van der Waals surface area contributed by atoms with Crippen LogP contribution in [-0.4, -0.2) is 18.1 Å². The number of ether oxygens (including phenoxy) is 1. The van der Waals surface area contributed by atoms with Crippen LogP contribution in [0.2, 0.25) is 0 Å². The van der Waals surface area contributed by atoms with E-state index >= 15 is 0 Å². The SMILES string of the molecule is Brc1ccc2nc(NCCCOc3ccccc3)sc2c1. The number of fused-ring (bicyclic) bond motifs is 1. The smallest absolute Gasteiger partial charge is 0.183 e. The maximum absolute atomic E-state index is 5.66. The third-order valence-electron chi connectivity index (χ3n) is 2.96. The van der Waals surface area contributed by atoms with Crippen LogP contribution in [-0.2, 0) is 0 Å². The molecule has 1 heterocycles. The molecule has 1 aromatic heterocycles. The van der Waals surface area contributed by atoms with Gasteiger partial charge in [-0.1, -0.05) is 45.5 Å². The van der Waals surface area contributed by atoms with Crippen LogP contribution in [0.25, 0.3) is 10.2 Å². The largest absolute Gasteiger partial charge is 0.494 e. The number of anilines is 1. The Bertz CT molecular complexity index is 715. The van der Waals surface area contributed by atoms with Crippen molar-refractivity contribution in [1.29, 1.82) is 0 Å². The summed E-state index contributed by atoms with van der Waals surface area (Å²) in [6.45, 7) is 1.56. The summed E-state index contributed by atoms with van der Waals surface area (Å²) in [5, 5.41) is 4.31. The average molecular weight is 363 g/mol. The summed E-state index contributed by atoms with van der Waals surface area (Å²) in [5.41, 5.74) is 1.03. The second-order valence-corrected chi connectivity index (χ2v) is 6.52. The Morgan fingerprint density at radius 2 is 2.00 bits per heavy atom. The number of para-hydroxylation sites is 1. The fraction of sp³-hybridized carbons (Fsp3) is 0.188. The number of nitrogens with one attached hydrogen (secondary N) is 1. The first-order valence-electron chi connectivity index (χ1n) is 6.79. The van der Waals surface area contributed by atoms with Crippen molar-refractivity contribution in [2.45, 2.75) is 6.42 Å². The van der Waals surface area contributed by atoms with Gasteiger partial charge in [-0.25, -0.2) is 4.98 Å². The molecule has 0 atom stereocenters. The standard InChI is InChI=1S/C16H15BrN2OS/c17-12-7-8-14-15(11-12)21-16(19-14)18-9-4-10-20-13-5-2-1-3-6-13/h1-3,5-8,11H,4,9-10H2,(H,18,19). The van der Waals surface area contributed by atoms with Gasteiger partial charge in [-0.05, 0) is 36.8 Å². The van der Waals surface area contributed by atoms with E-state index in [2.05, 4.69) is 32.3 Å². The minimum atomic E-state index is 0.702. The van der Waals surface area contributed by atoms with E-state index in [9.17, 15) is 0 Å². The highest BCUT2D eigenvalue weighted by molar-refractivity contribution is 9.10. The molecule has 0 aliphatic heterocycles. The molecule has 108 valence electrons. The molecule has 5 heteroatoms. The molecule has 0 unspecified atom stereocenters. The highest BCUT2D eigenvalue weighted by Gasteiger charge is 2.03. The Morgan fingerprint density at radius 3 is 2.86 bits per heavy atom. The van der Waals surface area contributed by atoms with Gasteiger partial charge in [-0.15, -0.1) is 0 Å². The number of halogens is 1. The Hall–Kier alpha value is -1.59. The van der Waals surface area contributed by atoms with Gasteiger partial charge in [0.15, 0.2) is 5.13 Å². The number of hydrogen-bond donors (Lipinski definition) is 1. The molecule has 1 N–H and O–H groups in total. The summed E-state index contributed by atoms with van der Waals surface area (Å²) in [7, 11) is 0. The second kappa shape index (κ2) is 6.91.